The minimum atomic E-state index is -0.833. The number of carboxylic acids is 1. The zero-order valence-electron chi connectivity index (χ0n) is 4.64. The molecule has 0 aliphatic carbocycles. The van der Waals surface area contributed by atoms with Gasteiger partial charge < -0.3 is 27.0 Å². The van der Waals surface area contributed by atoms with Gasteiger partial charge in [0.05, 0.1) is 0 Å². The van der Waals surface area contributed by atoms with Gasteiger partial charge in [0.25, 0.3) is 5.97 Å². The van der Waals surface area contributed by atoms with Crippen molar-refractivity contribution in [2.45, 2.75) is 6.92 Å². The van der Waals surface area contributed by atoms with Crippen LogP contribution in [0.15, 0.2) is 0 Å². The molecule has 0 atom stereocenters. The fourth-order valence-electron chi connectivity index (χ4n) is 0. The van der Waals surface area contributed by atoms with Gasteiger partial charge in [-0.1, -0.05) is 0 Å². The van der Waals surface area contributed by atoms with E-state index in [0.29, 0.717) is 0 Å². The molecule has 0 saturated carbocycles. The summed E-state index contributed by atoms with van der Waals surface area (Å²) in [5.74, 6) is -0.833. The smallest absolute Gasteiger partial charge is 0.300 e. The van der Waals surface area contributed by atoms with Crippen LogP contribution in [0.5, 0.6) is 0 Å². The molecule has 0 bridgehead atoms. The van der Waals surface area contributed by atoms with E-state index in [9.17, 15) is 0 Å². The van der Waals surface area contributed by atoms with Crippen molar-refractivity contribution in [1.82, 2.24) is 0 Å². The Kier molecular flexibility index (Phi) is 237. The van der Waals surface area contributed by atoms with Crippen molar-refractivity contribution < 1.29 is 69.1 Å². The monoisotopic (exact) mass is 298 g/mol. The van der Waals surface area contributed by atoms with Crippen LogP contribution in [0.3, 0.4) is 0 Å². The molecule has 0 aromatic carbocycles. The summed E-state index contributed by atoms with van der Waals surface area (Å²) in [6.45, 7) is 1.08. The Balaban J connectivity index is -0.00000000450. The maximum absolute atomic E-state index is 9.00. The van der Waals surface area contributed by atoms with Gasteiger partial charge in [0.2, 0.25) is 0 Å². The molecule has 0 aliphatic rings. The third-order valence-electron chi connectivity index (χ3n) is 0. The first-order valence-corrected chi connectivity index (χ1v) is 0.928. The van der Waals surface area contributed by atoms with E-state index < -0.39 is 5.97 Å². The summed E-state index contributed by atoms with van der Waals surface area (Å²) in [7, 11) is 0. The van der Waals surface area contributed by atoms with E-state index >= 15 is 0 Å². The van der Waals surface area contributed by atoms with Crippen molar-refractivity contribution in [2.24, 2.45) is 0 Å². The van der Waals surface area contributed by atoms with Gasteiger partial charge in [0, 0.05) is 44.2 Å². The molecule has 0 amide bonds. The summed E-state index contributed by atoms with van der Waals surface area (Å²) in [5.41, 5.74) is 0. The molecule has 0 aromatic rings. The number of aliphatic carboxylic acids is 1. The molecule has 9 N–H and O–H groups in total. The van der Waals surface area contributed by atoms with Crippen LogP contribution in [-0.4, -0.2) is 33.0 Å². The van der Waals surface area contributed by atoms with Crippen LogP contribution in [0, 0.1) is 37.3 Å². The summed E-state index contributed by atoms with van der Waals surface area (Å²) in [6.07, 6.45) is 0. The maximum Gasteiger partial charge on any atom is 0.300 e. The normalized spacial score (nSPS) is 2.78. The molecule has 0 radical (unpaired) electrons. The third-order valence-corrected chi connectivity index (χ3v) is 0. The van der Waals surface area contributed by atoms with Crippen LogP contribution < -0.4 is 0 Å². The fourth-order valence-corrected chi connectivity index (χ4v) is 0. The third kappa shape index (κ3) is 1190. The Morgan fingerprint density at radius 1 is 1.11 bits per heavy atom. The number of rotatable bonds is 0. The topological polar surface area (TPSA) is 163 Å². The van der Waals surface area contributed by atoms with Crippen molar-refractivity contribution in [3.63, 3.8) is 0 Å². The minimum Gasteiger partial charge on any atom is -0.481 e. The standard InChI is InChI=1S/C2H4O2.Er.4H2O/c1-2(3)4;;;;;/h1H3,(H,3,4);;4*1H2. The van der Waals surface area contributed by atoms with E-state index in [1.165, 1.54) is 0 Å². The summed E-state index contributed by atoms with van der Waals surface area (Å²) in [4.78, 5) is 9.00. The molecule has 0 fully saturated rings. The predicted molar refractivity (Wildman–Crippen MR) is 27.8 cm³/mol. The van der Waals surface area contributed by atoms with Crippen molar-refractivity contribution >= 4 is 5.97 Å². The van der Waals surface area contributed by atoms with E-state index in [4.69, 9.17) is 9.90 Å². The van der Waals surface area contributed by atoms with Crippen molar-refractivity contribution in [1.29, 1.82) is 0 Å². The Morgan fingerprint density at radius 2 is 1.11 bits per heavy atom. The van der Waals surface area contributed by atoms with Gasteiger partial charge in [-0.15, -0.1) is 0 Å². The van der Waals surface area contributed by atoms with E-state index in [-0.39, 0.29) is 59.2 Å². The molecule has 0 aliphatic heterocycles. The fraction of sp³-hybridized carbons (Fsp3) is 0.500. The summed E-state index contributed by atoms with van der Waals surface area (Å²) in [6, 6.07) is 0. The molecule has 68 valence electrons. The summed E-state index contributed by atoms with van der Waals surface area (Å²) >= 11 is 0. The van der Waals surface area contributed by atoms with Crippen molar-refractivity contribution in [3.05, 3.63) is 0 Å². The van der Waals surface area contributed by atoms with Gasteiger partial charge in [-0.05, 0) is 0 Å². The Labute approximate surface area is 81.7 Å². The number of carbonyl (C=O) groups is 1. The average molecular weight is 299 g/mol. The zero-order valence-corrected chi connectivity index (χ0v) is 6.50. The summed E-state index contributed by atoms with van der Waals surface area (Å²) < 4.78 is 0. The Bertz CT molecular complexity index is 34.0. The first-order chi connectivity index (χ1) is 1.73. The molecular weight excluding hydrogens is 287 g/mol. The summed E-state index contributed by atoms with van der Waals surface area (Å²) in [5, 5.41) is 7.42. The number of hydrogen-bond acceptors (Lipinski definition) is 1. The second-order valence-electron chi connectivity index (χ2n) is 0.519. The second-order valence-corrected chi connectivity index (χ2v) is 0.519. The van der Waals surface area contributed by atoms with Crippen LogP contribution in [0.25, 0.3) is 0 Å². The molecule has 0 saturated heterocycles. The van der Waals surface area contributed by atoms with Crippen LogP contribution in [0.1, 0.15) is 6.92 Å². The molecule has 0 rings (SSSR count). The van der Waals surface area contributed by atoms with E-state index in [0.717, 1.165) is 6.92 Å². The molecule has 0 spiro atoms. The zero-order chi connectivity index (χ0) is 3.58. The van der Waals surface area contributed by atoms with Gasteiger partial charge in [-0.3, -0.25) is 4.79 Å². The molecule has 0 aromatic heterocycles. The molecule has 6 nitrogen and oxygen atoms in total. The molecular formula is C2H12ErO6. The number of hydrogen-bond donors (Lipinski definition) is 1. The van der Waals surface area contributed by atoms with Crippen LogP contribution >= 0.6 is 0 Å². The second kappa shape index (κ2) is 38.6. The van der Waals surface area contributed by atoms with Crippen molar-refractivity contribution in [3.8, 4) is 0 Å². The molecule has 0 unspecified atom stereocenters. The van der Waals surface area contributed by atoms with Crippen LogP contribution in [0.2, 0.25) is 0 Å². The molecule has 9 heavy (non-hydrogen) atoms. The van der Waals surface area contributed by atoms with Gasteiger partial charge in [0.15, 0.2) is 0 Å². The van der Waals surface area contributed by atoms with Crippen LogP contribution in [0.4, 0.5) is 0 Å². The van der Waals surface area contributed by atoms with E-state index in [1.807, 2.05) is 0 Å². The van der Waals surface area contributed by atoms with Gasteiger partial charge in [0.1, 0.15) is 0 Å². The minimum absolute atomic E-state index is 0. The quantitative estimate of drug-likeness (QED) is 0.498. The largest absolute Gasteiger partial charge is 0.481 e. The number of carboxylic acid groups (broad SMARTS) is 1. The first kappa shape index (κ1) is 55.3. The van der Waals surface area contributed by atoms with E-state index in [1.54, 1.807) is 0 Å². The van der Waals surface area contributed by atoms with E-state index in [2.05, 4.69) is 0 Å². The Morgan fingerprint density at radius 3 is 1.11 bits per heavy atom. The van der Waals surface area contributed by atoms with Gasteiger partial charge in [-0.25, -0.2) is 0 Å². The predicted octanol–water partition coefficient (Wildman–Crippen LogP) is -3.21. The maximum atomic E-state index is 9.00. The van der Waals surface area contributed by atoms with Crippen molar-refractivity contribution in [2.75, 3.05) is 0 Å². The average Bonchev–Trinajstić information content (AvgIpc) is 0.811. The SMILES string of the molecule is CC(=O)O.O.O.O.O.[Er]. The first-order valence-electron chi connectivity index (χ1n) is 0.928. The Hall–Kier alpha value is 0.557. The van der Waals surface area contributed by atoms with Gasteiger partial charge in [-0.2, -0.15) is 0 Å². The van der Waals surface area contributed by atoms with Gasteiger partial charge >= 0.3 is 0 Å². The van der Waals surface area contributed by atoms with Crippen LogP contribution in [-0.2, 0) is 4.79 Å². The molecule has 0 heterocycles. The molecule has 7 heteroatoms.